The maximum absolute atomic E-state index is 11.7. The third-order valence-electron chi connectivity index (χ3n) is 2.65. The van der Waals surface area contributed by atoms with E-state index >= 15 is 0 Å². The van der Waals surface area contributed by atoms with E-state index in [4.69, 9.17) is 14.2 Å². The molecular formula is C15H23NO4S. The number of ether oxygens (including phenoxy) is 3. The van der Waals surface area contributed by atoms with Crippen LogP contribution >= 0.6 is 11.8 Å². The van der Waals surface area contributed by atoms with Crippen LogP contribution in [0.5, 0.6) is 5.75 Å². The highest BCUT2D eigenvalue weighted by Crippen LogP contribution is 2.14. The van der Waals surface area contributed by atoms with Crippen LogP contribution in [-0.2, 0) is 14.3 Å². The van der Waals surface area contributed by atoms with Crippen LogP contribution in [0.3, 0.4) is 0 Å². The lowest BCUT2D eigenvalue weighted by atomic mass is 10.3. The van der Waals surface area contributed by atoms with Gasteiger partial charge in [0.05, 0.1) is 40.0 Å². The first-order valence-corrected chi connectivity index (χ1v) is 8.24. The number of carbonyl (C=O) groups excluding carboxylic acids is 1. The number of thioether (sulfide) groups is 1. The predicted octanol–water partition coefficient (Wildman–Crippen LogP) is 2.42. The second-order valence-electron chi connectivity index (χ2n) is 4.24. The van der Waals surface area contributed by atoms with E-state index in [2.05, 4.69) is 5.32 Å². The normalized spacial score (nSPS) is 10.4. The number of nitrogens with one attached hydrogen (secondary N) is 1. The van der Waals surface area contributed by atoms with Crippen LogP contribution in [0, 0.1) is 0 Å². The van der Waals surface area contributed by atoms with Gasteiger partial charge in [-0.1, -0.05) is 0 Å². The Morgan fingerprint density at radius 3 is 2.38 bits per heavy atom. The standard InChI is InChI=1S/C15H23NO4S/c1-18-14-5-3-13(4-6-14)16-15(17)7-8-19-9-10-20-11-12-21-2/h3-6H,7-12H2,1-2H3,(H,16,17). The molecule has 0 aromatic heterocycles. The highest BCUT2D eigenvalue weighted by atomic mass is 32.2. The minimum Gasteiger partial charge on any atom is -0.497 e. The third-order valence-corrected chi connectivity index (χ3v) is 3.23. The number of hydrogen-bond acceptors (Lipinski definition) is 5. The molecule has 0 aliphatic heterocycles. The van der Waals surface area contributed by atoms with E-state index in [-0.39, 0.29) is 5.91 Å². The van der Waals surface area contributed by atoms with E-state index in [1.807, 2.05) is 6.26 Å². The first kappa shape index (κ1) is 17.8. The van der Waals surface area contributed by atoms with Gasteiger partial charge < -0.3 is 19.5 Å². The molecule has 1 N–H and O–H groups in total. The van der Waals surface area contributed by atoms with Crippen molar-refractivity contribution in [3.63, 3.8) is 0 Å². The summed E-state index contributed by atoms with van der Waals surface area (Å²) in [4.78, 5) is 11.7. The second kappa shape index (κ2) is 11.4. The van der Waals surface area contributed by atoms with E-state index in [1.54, 1.807) is 43.1 Å². The number of amides is 1. The molecule has 1 amide bonds. The zero-order valence-electron chi connectivity index (χ0n) is 12.6. The second-order valence-corrected chi connectivity index (χ2v) is 5.23. The monoisotopic (exact) mass is 313 g/mol. The van der Waals surface area contributed by atoms with Crippen LogP contribution in [0.15, 0.2) is 24.3 Å². The number of anilines is 1. The summed E-state index contributed by atoms with van der Waals surface area (Å²) in [6, 6.07) is 7.21. The molecule has 0 aliphatic carbocycles. The molecule has 0 fully saturated rings. The highest BCUT2D eigenvalue weighted by molar-refractivity contribution is 7.98. The van der Waals surface area contributed by atoms with Crippen LogP contribution in [0.4, 0.5) is 5.69 Å². The summed E-state index contributed by atoms with van der Waals surface area (Å²) >= 11 is 1.75. The SMILES string of the molecule is COc1ccc(NC(=O)CCOCCOCCSC)cc1. The van der Waals surface area contributed by atoms with Crippen molar-refractivity contribution in [2.24, 2.45) is 0 Å². The molecule has 21 heavy (non-hydrogen) atoms. The molecule has 1 aromatic rings. The van der Waals surface area contributed by atoms with Crippen molar-refractivity contribution in [2.75, 3.05) is 50.9 Å². The van der Waals surface area contributed by atoms with Gasteiger partial charge in [0.1, 0.15) is 5.75 Å². The van der Waals surface area contributed by atoms with Crippen molar-refractivity contribution in [3.8, 4) is 5.75 Å². The van der Waals surface area contributed by atoms with E-state index in [9.17, 15) is 4.79 Å². The van der Waals surface area contributed by atoms with Gasteiger partial charge in [-0.2, -0.15) is 11.8 Å². The predicted molar refractivity (Wildman–Crippen MR) is 86.3 cm³/mol. The average molecular weight is 313 g/mol. The molecule has 5 nitrogen and oxygen atoms in total. The number of hydrogen-bond donors (Lipinski definition) is 1. The van der Waals surface area contributed by atoms with Crippen molar-refractivity contribution in [1.29, 1.82) is 0 Å². The van der Waals surface area contributed by atoms with Crippen LogP contribution in [0.1, 0.15) is 6.42 Å². The average Bonchev–Trinajstić information content (AvgIpc) is 2.50. The van der Waals surface area contributed by atoms with Crippen molar-refractivity contribution < 1.29 is 19.0 Å². The quantitative estimate of drug-likeness (QED) is 0.636. The summed E-state index contributed by atoms with van der Waals surface area (Å²) in [6.07, 6.45) is 2.37. The molecule has 0 heterocycles. The smallest absolute Gasteiger partial charge is 0.226 e. The van der Waals surface area contributed by atoms with Crippen LogP contribution < -0.4 is 10.1 Å². The van der Waals surface area contributed by atoms with Crippen molar-refractivity contribution in [3.05, 3.63) is 24.3 Å². The summed E-state index contributed by atoms with van der Waals surface area (Å²) in [6.45, 7) is 2.22. The molecule has 0 saturated heterocycles. The summed E-state index contributed by atoms with van der Waals surface area (Å²) in [5.41, 5.74) is 0.751. The van der Waals surface area contributed by atoms with E-state index in [0.29, 0.717) is 26.2 Å². The number of methoxy groups -OCH3 is 1. The van der Waals surface area contributed by atoms with Gasteiger partial charge in [-0.15, -0.1) is 0 Å². The highest BCUT2D eigenvalue weighted by Gasteiger charge is 2.02. The number of rotatable bonds is 11. The zero-order chi connectivity index (χ0) is 15.3. The summed E-state index contributed by atoms with van der Waals surface area (Å²) < 4.78 is 15.7. The molecule has 0 atom stereocenters. The van der Waals surface area contributed by atoms with Gasteiger partial charge in [0.25, 0.3) is 0 Å². The molecular weight excluding hydrogens is 290 g/mol. The molecule has 118 valence electrons. The molecule has 0 unspecified atom stereocenters. The minimum absolute atomic E-state index is 0.0662. The van der Waals surface area contributed by atoms with E-state index < -0.39 is 0 Å². The largest absolute Gasteiger partial charge is 0.497 e. The molecule has 0 spiro atoms. The van der Waals surface area contributed by atoms with Crippen LogP contribution in [0.2, 0.25) is 0 Å². The van der Waals surface area contributed by atoms with Crippen molar-refractivity contribution >= 4 is 23.4 Å². The van der Waals surface area contributed by atoms with Gasteiger partial charge >= 0.3 is 0 Å². The fourth-order valence-corrected chi connectivity index (χ4v) is 1.81. The third kappa shape index (κ3) is 8.60. The van der Waals surface area contributed by atoms with Crippen LogP contribution in [0.25, 0.3) is 0 Å². The lowest BCUT2D eigenvalue weighted by Gasteiger charge is -2.07. The number of carbonyl (C=O) groups is 1. The molecule has 0 saturated carbocycles. The first-order valence-electron chi connectivity index (χ1n) is 6.84. The first-order chi connectivity index (χ1) is 10.3. The van der Waals surface area contributed by atoms with E-state index in [1.165, 1.54) is 0 Å². The van der Waals surface area contributed by atoms with Crippen molar-refractivity contribution in [1.82, 2.24) is 0 Å². The lowest BCUT2D eigenvalue weighted by Crippen LogP contribution is -2.15. The molecule has 0 aliphatic rings. The maximum atomic E-state index is 11.7. The Balaban J connectivity index is 2.05. The Bertz CT molecular complexity index is 397. The summed E-state index contributed by atoms with van der Waals surface area (Å²) in [5.74, 6) is 1.69. The fourth-order valence-electron chi connectivity index (χ4n) is 1.53. The Labute approximate surface area is 130 Å². The Hall–Kier alpha value is -1.24. The minimum atomic E-state index is -0.0662. The van der Waals surface area contributed by atoms with E-state index in [0.717, 1.165) is 23.8 Å². The summed E-state index contributed by atoms with van der Waals surface area (Å²) in [7, 11) is 1.61. The fraction of sp³-hybridized carbons (Fsp3) is 0.533. The molecule has 1 aromatic carbocycles. The van der Waals surface area contributed by atoms with Gasteiger partial charge in [-0.3, -0.25) is 4.79 Å². The Morgan fingerprint density at radius 1 is 1.10 bits per heavy atom. The Kier molecular flexibility index (Phi) is 9.69. The van der Waals surface area contributed by atoms with Crippen LogP contribution in [-0.4, -0.2) is 51.5 Å². The van der Waals surface area contributed by atoms with Gasteiger partial charge in [0, 0.05) is 11.4 Å². The number of benzene rings is 1. The molecule has 6 heteroatoms. The maximum Gasteiger partial charge on any atom is 0.226 e. The van der Waals surface area contributed by atoms with Crippen molar-refractivity contribution in [2.45, 2.75) is 6.42 Å². The van der Waals surface area contributed by atoms with Gasteiger partial charge in [-0.25, -0.2) is 0 Å². The van der Waals surface area contributed by atoms with Gasteiger partial charge in [-0.05, 0) is 30.5 Å². The molecule has 0 bridgehead atoms. The van der Waals surface area contributed by atoms with Gasteiger partial charge in [0.2, 0.25) is 5.91 Å². The molecule has 1 rings (SSSR count). The molecule has 0 radical (unpaired) electrons. The lowest BCUT2D eigenvalue weighted by molar-refractivity contribution is -0.117. The Morgan fingerprint density at radius 2 is 1.76 bits per heavy atom. The summed E-state index contributed by atoms with van der Waals surface area (Å²) in [5, 5.41) is 2.80. The topological polar surface area (TPSA) is 56.8 Å². The zero-order valence-corrected chi connectivity index (χ0v) is 13.4. The van der Waals surface area contributed by atoms with Gasteiger partial charge in [0.15, 0.2) is 0 Å².